The molecule has 2 heterocycles. The number of aromatic nitrogens is 4. The number of benzene rings is 1. The highest BCUT2D eigenvalue weighted by molar-refractivity contribution is 5.75. The van der Waals surface area contributed by atoms with Crippen molar-refractivity contribution in [2.45, 2.75) is 90.6 Å². The molecule has 0 spiro atoms. The molecule has 2 fully saturated rings. The highest BCUT2D eigenvalue weighted by atomic mass is 16.4. The molecule has 0 bridgehead atoms. The van der Waals surface area contributed by atoms with Crippen LogP contribution in [0.5, 0.6) is 0 Å². The lowest BCUT2D eigenvalue weighted by Gasteiger charge is -2.24. The van der Waals surface area contributed by atoms with E-state index in [-0.39, 0.29) is 17.7 Å². The van der Waals surface area contributed by atoms with Crippen LogP contribution in [0.2, 0.25) is 0 Å². The molecular formula is C28H38N4O4. The lowest BCUT2D eigenvalue weighted by atomic mass is 9.89. The van der Waals surface area contributed by atoms with Gasteiger partial charge in [-0.1, -0.05) is 75.8 Å². The molecule has 1 aromatic carbocycles. The Hall–Kier alpha value is -3.16. The molecule has 0 amide bonds. The monoisotopic (exact) mass is 494 g/mol. The number of carboxylic acid groups (broad SMARTS) is 1. The smallest absolute Gasteiger partial charge is 0.332 e. The van der Waals surface area contributed by atoms with E-state index in [1.165, 1.54) is 43.1 Å². The van der Waals surface area contributed by atoms with Gasteiger partial charge in [0.25, 0.3) is 5.56 Å². The summed E-state index contributed by atoms with van der Waals surface area (Å²) in [5.74, 6) is 0.799. The van der Waals surface area contributed by atoms with Crippen molar-refractivity contribution in [2.24, 2.45) is 11.8 Å². The summed E-state index contributed by atoms with van der Waals surface area (Å²) in [6.07, 6.45) is 12.1. The fourth-order valence-corrected chi connectivity index (χ4v) is 5.48. The van der Waals surface area contributed by atoms with Crippen LogP contribution in [0.1, 0.15) is 77.6 Å². The van der Waals surface area contributed by atoms with Crippen molar-refractivity contribution in [1.82, 2.24) is 19.1 Å². The van der Waals surface area contributed by atoms with Crippen molar-refractivity contribution in [2.75, 3.05) is 0 Å². The Bertz CT molecular complexity index is 1260. The number of carbonyl (C=O) groups is 1. The normalized spacial score (nSPS) is 17.0. The highest BCUT2D eigenvalue weighted by Gasteiger charge is 2.23. The number of hydrogen-bond donors (Lipinski definition) is 2. The van der Waals surface area contributed by atoms with Gasteiger partial charge in [0.2, 0.25) is 0 Å². The molecule has 2 aliphatic carbocycles. The molecule has 8 nitrogen and oxygen atoms in total. The molecule has 3 aromatic rings. The first-order valence-electron chi connectivity index (χ1n) is 13.5. The Labute approximate surface area is 211 Å². The Kier molecular flexibility index (Phi) is 8.78. The van der Waals surface area contributed by atoms with Crippen LogP contribution in [0.15, 0.2) is 39.9 Å². The van der Waals surface area contributed by atoms with Crippen molar-refractivity contribution in [1.29, 1.82) is 0 Å². The molecule has 2 saturated carbocycles. The van der Waals surface area contributed by atoms with E-state index in [0.717, 1.165) is 31.2 Å². The van der Waals surface area contributed by atoms with E-state index in [1.54, 1.807) is 11.5 Å². The van der Waals surface area contributed by atoms with E-state index in [9.17, 15) is 14.4 Å². The molecular weight excluding hydrogens is 456 g/mol. The predicted octanol–water partition coefficient (Wildman–Crippen LogP) is 5.19. The second-order valence-corrected chi connectivity index (χ2v) is 10.2. The number of rotatable bonds is 6. The standard InChI is InChI=1S/C25H32N4O2.C3H6O2/c30-24-21-23(27-22(26-21)20-14-8-3-9-15-20)28(16-18-10-4-1-5-11-18)25(31)29(24)17-19-12-6-2-7-13-19;1-2-3(4)5/h3,8-9,14-15,18-19H,1-2,4-7,10-13,16-17H2,(H,26,27);2H2,1H3,(H,4,5). The second kappa shape index (κ2) is 12.2. The van der Waals surface area contributed by atoms with Crippen LogP contribution in [0.3, 0.4) is 0 Å². The number of aliphatic carboxylic acids is 1. The van der Waals surface area contributed by atoms with Crippen molar-refractivity contribution in [3.63, 3.8) is 0 Å². The number of nitrogens with zero attached hydrogens (tertiary/aromatic N) is 3. The number of hydrogen-bond acceptors (Lipinski definition) is 4. The third-order valence-electron chi connectivity index (χ3n) is 7.54. The van der Waals surface area contributed by atoms with E-state index < -0.39 is 5.97 Å². The van der Waals surface area contributed by atoms with Crippen LogP contribution in [0.25, 0.3) is 22.6 Å². The zero-order valence-electron chi connectivity index (χ0n) is 21.2. The van der Waals surface area contributed by atoms with Gasteiger partial charge in [-0.15, -0.1) is 0 Å². The maximum atomic E-state index is 13.6. The van der Waals surface area contributed by atoms with E-state index in [0.29, 0.717) is 41.9 Å². The largest absolute Gasteiger partial charge is 0.481 e. The average Bonchev–Trinajstić information content (AvgIpc) is 3.37. The molecule has 5 rings (SSSR count). The van der Waals surface area contributed by atoms with Gasteiger partial charge in [0.05, 0.1) is 0 Å². The van der Waals surface area contributed by atoms with Crippen LogP contribution >= 0.6 is 0 Å². The van der Waals surface area contributed by atoms with Crippen LogP contribution in [0.4, 0.5) is 0 Å². The van der Waals surface area contributed by atoms with Crippen molar-refractivity contribution >= 4 is 17.1 Å². The van der Waals surface area contributed by atoms with Gasteiger partial charge >= 0.3 is 11.7 Å². The number of H-pyrrole nitrogens is 1. The summed E-state index contributed by atoms with van der Waals surface area (Å²) < 4.78 is 3.28. The maximum absolute atomic E-state index is 13.6. The first kappa shape index (κ1) is 25.9. The third-order valence-corrected chi connectivity index (χ3v) is 7.54. The second-order valence-electron chi connectivity index (χ2n) is 10.2. The first-order valence-corrected chi connectivity index (χ1v) is 13.5. The minimum absolute atomic E-state index is 0.181. The third kappa shape index (κ3) is 6.15. The van der Waals surface area contributed by atoms with Gasteiger partial charge in [0.1, 0.15) is 11.3 Å². The SMILES string of the molecule is CCC(=O)O.O=c1c2[nH]c(-c3ccccc3)nc2n(CC2CCCCC2)c(=O)n1CC1CCCCC1. The Balaban J connectivity index is 0.000000556. The van der Waals surface area contributed by atoms with Crippen LogP contribution in [0, 0.1) is 11.8 Å². The van der Waals surface area contributed by atoms with Gasteiger partial charge in [-0.3, -0.25) is 18.7 Å². The Morgan fingerprint density at radius 1 is 0.917 bits per heavy atom. The fraction of sp³-hybridized carbons (Fsp3) is 0.571. The lowest BCUT2D eigenvalue weighted by molar-refractivity contribution is -0.136. The van der Waals surface area contributed by atoms with Crippen LogP contribution < -0.4 is 11.2 Å². The van der Waals surface area contributed by atoms with Crippen molar-refractivity contribution in [3.8, 4) is 11.4 Å². The molecule has 0 aliphatic heterocycles. The van der Waals surface area contributed by atoms with Gasteiger partial charge in [0.15, 0.2) is 5.65 Å². The lowest BCUT2D eigenvalue weighted by Crippen LogP contribution is -2.42. The molecule has 2 N–H and O–H groups in total. The van der Waals surface area contributed by atoms with Gasteiger partial charge in [-0.25, -0.2) is 9.78 Å². The van der Waals surface area contributed by atoms with Crippen molar-refractivity contribution < 1.29 is 9.90 Å². The number of carboxylic acids is 1. The summed E-state index contributed by atoms with van der Waals surface area (Å²) >= 11 is 0. The fourth-order valence-electron chi connectivity index (χ4n) is 5.48. The highest BCUT2D eigenvalue weighted by Crippen LogP contribution is 2.27. The van der Waals surface area contributed by atoms with E-state index >= 15 is 0 Å². The van der Waals surface area contributed by atoms with Gasteiger partial charge in [0, 0.05) is 25.1 Å². The molecule has 0 atom stereocenters. The molecule has 0 saturated heterocycles. The maximum Gasteiger partial charge on any atom is 0.332 e. The number of nitrogens with one attached hydrogen (secondary N) is 1. The minimum Gasteiger partial charge on any atom is -0.481 e. The number of aromatic amines is 1. The summed E-state index contributed by atoms with van der Waals surface area (Å²) in [6, 6.07) is 9.82. The molecule has 0 unspecified atom stereocenters. The van der Waals surface area contributed by atoms with Gasteiger partial charge in [-0.05, 0) is 37.5 Å². The zero-order chi connectivity index (χ0) is 25.5. The zero-order valence-corrected chi connectivity index (χ0v) is 21.2. The number of imidazole rings is 1. The van der Waals surface area contributed by atoms with Crippen LogP contribution in [-0.2, 0) is 17.9 Å². The summed E-state index contributed by atoms with van der Waals surface area (Å²) in [5.41, 5.74) is 1.50. The summed E-state index contributed by atoms with van der Waals surface area (Å²) in [4.78, 5) is 44.3. The van der Waals surface area contributed by atoms with E-state index in [1.807, 2.05) is 30.3 Å². The molecule has 2 aromatic heterocycles. The Morgan fingerprint density at radius 3 is 1.97 bits per heavy atom. The summed E-state index contributed by atoms with van der Waals surface area (Å²) in [7, 11) is 0. The summed E-state index contributed by atoms with van der Waals surface area (Å²) in [5, 5.41) is 7.72. The molecule has 0 radical (unpaired) electrons. The van der Waals surface area contributed by atoms with E-state index in [4.69, 9.17) is 10.1 Å². The topological polar surface area (TPSA) is 110 Å². The predicted molar refractivity (Wildman–Crippen MR) is 141 cm³/mol. The number of fused-ring (bicyclic) bond motifs is 1. The Morgan fingerprint density at radius 2 is 1.44 bits per heavy atom. The molecule has 36 heavy (non-hydrogen) atoms. The molecule has 2 aliphatic rings. The van der Waals surface area contributed by atoms with Crippen LogP contribution in [-0.4, -0.2) is 30.2 Å². The van der Waals surface area contributed by atoms with Crippen molar-refractivity contribution in [3.05, 3.63) is 51.2 Å². The molecule has 8 heteroatoms. The van der Waals surface area contributed by atoms with E-state index in [2.05, 4.69) is 4.98 Å². The summed E-state index contributed by atoms with van der Waals surface area (Å²) in [6.45, 7) is 2.78. The minimum atomic E-state index is -0.745. The average molecular weight is 495 g/mol. The van der Waals surface area contributed by atoms with Gasteiger partial charge < -0.3 is 10.1 Å². The van der Waals surface area contributed by atoms with Gasteiger partial charge in [-0.2, -0.15) is 0 Å². The molecule has 194 valence electrons. The quantitative estimate of drug-likeness (QED) is 0.490. The first-order chi connectivity index (χ1) is 17.5.